The number of nitrogens with zero attached hydrogens (tertiary/aromatic N) is 4. The molecule has 1 fully saturated rings. The molecule has 1 aliphatic rings. The smallest absolute Gasteiger partial charge is 0.260 e. The number of hydrogen-bond donors (Lipinski definition) is 2. The van der Waals surface area contributed by atoms with E-state index in [0.717, 1.165) is 35.2 Å². The van der Waals surface area contributed by atoms with Gasteiger partial charge in [-0.3, -0.25) is 4.79 Å². The van der Waals surface area contributed by atoms with Crippen LogP contribution in [0.5, 0.6) is 17.4 Å². The molecule has 0 radical (unpaired) electrons. The standard InChI is InChI=1S/C34H41N5O6/c1-22-32(31-23(2)38-45-24(31)3)36-33(26-9-8-12-29(17-26)42-20-27(40)18-35-4)37-34(22)44-19-25-13-15-39(16-14-25)30(41)21-43-28-10-6-5-7-11-28/h5-12,17,25,27,35,40H,13-16,18-21H2,1-4H3. The average Bonchev–Trinajstić information content (AvgIpc) is 3.40. The summed E-state index contributed by atoms with van der Waals surface area (Å²) in [4.78, 5) is 24.4. The van der Waals surface area contributed by atoms with Crippen LogP contribution in [-0.4, -0.2) is 83.6 Å². The molecule has 11 heteroatoms. The lowest BCUT2D eigenvalue weighted by molar-refractivity contribution is -0.134. The van der Waals surface area contributed by atoms with Crippen LogP contribution in [0.3, 0.4) is 0 Å². The number of amides is 1. The molecule has 5 rings (SSSR count). The van der Waals surface area contributed by atoms with Crippen LogP contribution in [0.15, 0.2) is 59.1 Å². The molecular weight excluding hydrogens is 574 g/mol. The first-order valence-corrected chi connectivity index (χ1v) is 15.3. The van der Waals surface area contributed by atoms with E-state index in [4.69, 9.17) is 28.7 Å². The van der Waals surface area contributed by atoms with Crippen LogP contribution in [0.4, 0.5) is 0 Å². The summed E-state index contributed by atoms with van der Waals surface area (Å²) >= 11 is 0. The quantitative estimate of drug-likeness (QED) is 0.223. The molecular formula is C34H41N5O6. The Morgan fingerprint density at radius 3 is 2.49 bits per heavy atom. The highest BCUT2D eigenvalue weighted by Gasteiger charge is 2.25. The van der Waals surface area contributed by atoms with Gasteiger partial charge in [-0.1, -0.05) is 35.5 Å². The Morgan fingerprint density at radius 1 is 1.02 bits per heavy atom. The number of likely N-dealkylation sites (tertiary alicyclic amines) is 1. The largest absolute Gasteiger partial charge is 0.491 e. The normalized spacial score (nSPS) is 14.3. The van der Waals surface area contributed by atoms with Crippen LogP contribution >= 0.6 is 0 Å². The number of piperidine rings is 1. The molecule has 45 heavy (non-hydrogen) atoms. The van der Waals surface area contributed by atoms with Gasteiger partial charge >= 0.3 is 0 Å². The van der Waals surface area contributed by atoms with Crippen LogP contribution in [0.1, 0.15) is 29.9 Å². The maximum absolute atomic E-state index is 12.7. The number of nitrogens with one attached hydrogen (secondary N) is 1. The number of likely N-dealkylation sites (N-methyl/N-ethyl adjacent to an activating group) is 1. The zero-order valence-electron chi connectivity index (χ0n) is 26.3. The predicted octanol–water partition coefficient (Wildman–Crippen LogP) is 4.38. The molecule has 0 spiro atoms. The molecule has 1 amide bonds. The van der Waals surface area contributed by atoms with E-state index in [2.05, 4.69) is 10.5 Å². The number of aliphatic hydroxyl groups is 1. The van der Waals surface area contributed by atoms with Crippen LogP contribution in [0, 0.1) is 26.7 Å². The Balaban J connectivity index is 1.29. The fourth-order valence-electron chi connectivity index (χ4n) is 5.34. The van der Waals surface area contributed by atoms with Crippen molar-refractivity contribution < 1.29 is 28.6 Å². The molecule has 0 saturated carbocycles. The third kappa shape index (κ3) is 8.17. The highest BCUT2D eigenvalue weighted by Crippen LogP contribution is 2.35. The van der Waals surface area contributed by atoms with E-state index in [0.29, 0.717) is 60.9 Å². The molecule has 1 unspecified atom stereocenters. The summed E-state index contributed by atoms with van der Waals surface area (Å²) in [7, 11) is 1.78. The number of ether oxygens (including phenoxy) is 3. The monoisotopic (exact) mass is 615 g/mol. The topological polar surface area (TPSA) is 132 Å². The van der Waals surface area contributed by atoms with Crippen molar-refractivity contribution in [2.45, 2.75) is 39.7 Å². The number of aliphatic hydroxyl groups excluding tert-OH is 1. The lowest BCUT2D eigenvalue weighted by Gasteiger charge is -2.31. The molecule has 3 heterocycles. The van der Waals surface area contributed by atoms with Gasteiger partial charge in [-0.15, -0.1) is 0 Å². The van der Waals surface area contributed by atoms with Crippen LogP contribution in [0.25, 0.3) is 22.6 Å². The maximum Gasteiger partial charge on any atom is 0.260 e. The van der Waals surface area contributed by atoms with E-state index < -0.39 is 6.10 Å². The summed E-state index contributed by atoms with van der Waals surface area (Å²) in [5.41, 5.74) is 3.78. The molecule has 0 aliphatic carbocycles. The van der Waals surface area contributed by atoms with Gasteiger partial charge in [0.25, 0.3) is 5.91 Å². The lowest BCUT2D eigenvalue weighted by Crippen LogP contribution is -2.42. The third-order valence-corrected chi connectivity index (χ3v) is 7.87. The highest BCUT2D eigenvalue weighted by atomic mass is 16.5. The van der Waals surface area contributed by atoms with E-state index in [-0.39, 0.29) is 25.0 Å². The minimum Gasteiger partial charge on any atom is -0.491 e. The molecule has 1 aliphatic heterocycles. The zero-order valence-corrected chi connectivity index (χ0v) is 26.3. The van der Waals surface area contributed by atoms with E-state index in [1.54, 1.807) is 7.05 Å². The zero-order chi connectivity index (χ0) is 31.8. The van der Waals surface area contributed by atoms with Gasteiger partial charge in [0.15, 0.2) is 12.4 Å². The van der Waals surface area contributed by atoms with E-state index in [9.17, 15) is 9.90 Å². The van der Waals surface area contributed by atoms with Crippen molar-refractivity contribution in [2.24, 2.45) is 5.92 Å². The number of hydrogen-bond acceptors (Lipinski definition) is 10. The van der Waals surface area contributed by atoms with Gasteiger partial charge in [0.05, 0.1) is 23.6 Å². The molecule has 0 bridgehead atoms. The summed E-state index contributed by atoms with van der Waals surface area (Å²) in [5, 5.41) is 17.1. The first kappa shape index (κ1) is 31.9. The third-order valence-electron chi connectivity index (χ3n) is 7.87. The second-order valence-electron chi connectivity index (χ2n) is 11.3. The first-order valence-electron chi connectivity index (χ1n) is 15.3. The average molecular weight is 616 g/mol. The van der Waals surface area contributed by atoms with Crippen molar-refractivity contribution in [1.29, 1.82) is 0 Å². The fraction of sp³-hybridized carbons (Fsp3) is 0.412. The van der Waals surface area contributed by atoms with Gasteiger partial charge in [-0.05, 0) is 70.8 Å². The Kier molecular flexibility index (Phi) is 10.6. The molecule has 1 atom stereocenters. The number of aryl methyl sites for hydroxylation is 2. The number of carbonyl (C=O) groups is 1. The van der Waals surface area contributed by atoms with Gasteiger partial charge < -0.3 is 34.1 Å². The van der Waals surface area contributed by atoms with Gasteiger partial charge in [0, 0.05) is 30.8 Å². The van der Waals surface area contributed by atoms with Crippen molar-refractivity contribution in [3.63, 3.8) is 0 Å². The molecule has 2 N–H and O–H groups in total. The summed E-state index contributed by atoms with van der Waals surface area (Å²) in [6.45, 7) is 8.08. The number of rotatable bonds is 13. The van der Waals surface area contributed by atoms with Gasteiger partial charge in [0.1, 0.15) is 30.0 Å². The number of carbonyl (C=O) groups excluding carboxylic acids is 1. The van der Waals surface area contributed by atoms with Gasteiger partial charge in [-0.2, -0.15) is 4.98 Å². The second kappa shape index (κ2) is 15.0. The minimum atomic E-state index is -0.631. The van der Waals surface area contributed by atoms with Crippen molar-refractivity contribution >= 4 is 5.91 Å². The fourth-order valence-corrected chi connectivity index (χ4v) is 5.34. The Morgan fingerprint density at radius 2 is 1.78 bits per heavy atom. The maximum atomic E-state index is 12.7. The number of aromatic nitrogens is 3. The van der Waals surface area contributed by atoms with E-state index >= 15 is 0 Å². The van der Waals surface area contributed by atoms with Gasteiger partial charge in [0.2, 0.25) is 5.88 Å². The summed E-state index contributed by atoms with van der Waals surface area (Å²) in [6, 6.07) is 16.8. The Labute approximate surface area is 263 Å². The molecule has 2 aromatic carbocycles. The van der Waals surface area contributed by atoms with Crippen LogP contribution < -0.4 is 19.5 Å². The van der Waals surface area contributed by atoms with Gasteiger partial charge in [-0.25, -0.2) is 4.98 Å². The Bertz CT molecular complexity index is 1550. The van der Waals surface area contributed by atoms with Crippen LogP contribution in [0.2, 0.25) is 0 Å². The first-order chi connectivity index (χ1) is 21.8. The number of para-hydroxylation sites is 1. The molecule has 11 nitrogen and oxygen atoms in total. The van der Waals surface area contributed by atoms with Crippen molar-refractivity contribution in [2.75, 3.05) is 46.5 Å². The van der Waals surface area contributed by atoms with Crippen molar-refractivity contribution in [3.8, 4) is 40.0 Å². The van der Waals surface area contributed by atoms with Crippen molar-refractivity contribution in [1.82, 2.24) is 25.3 Å². The molecule has 2 aromatic heterocycles. The summed E-state index contributed by atoms with van der Waals surface area (Å²) in [5.74, 6) is 3.17. The molecule has 4 aromatic rings. The molecule has 1 saturated heterocycles. The second-order valence-corrected chi connectivity index (χ2v) is 11.3. The lowest BCUT2D eigenvalue weighted by atomic mass is 9.98. The summed E-state index contributed by atoms with van der Waals surface area (Å²) in [6.07, 6.45) is 1.01. The van der Waals surface area contributed by atoms with Crippen LogP contribution in [-0.2, 0) is 4.79 Å². The van der Waals surface area contributed by atoms with Crippen molar-refractivity contribution in [3.05, 3.63) is 71.6 Å². The predicted molar refractivity (Wildman–Crippen MR) is 169 cm³/mol. The van der Waals surface area contributed by atoms with E-state index in [1.807, 2.05) is 80.3 Å². The Hall–Kier alpha value is -4.48. The highest BCUT2D eigenvalue weighted by molar-refractivity contribution is 5.78. The minimum absolute atomic E-state index is 0.0126. The number of benzene rings is 2. The van der Waals surface area contributed by atoms with E-state index in [1.165, 1.54) is 0 Å². The SMILES string of the molecule is CNCC(O)COc1cccc(-c2nc(OCC3CCN(C(=O)COc4ccccc4)CC3)c(C)c(-c3c(C)noc3C)n2)c1. The summed E-state index contributed by atoms with van der Waals surface area (Å²) < 4.78 is 23.3. The molecule has 238 valence electrons.